The summed E-state index contributed by atoms with van der Waals surface area (Å²) in [4.78, 5) is 0. The summed E-state index contributed by atoms with van der Waals surface area (Å²) < 4.78 is 0. The van der Waals surface area contributed by atoms with Gasteiger partial charge in [0.25, 0.3) is 0 Å². The van der Waals surface area contributed by atoms with Crippen molar-refractivity contribution in [3.63, 3.8) is 0 Å². The second kappa shape index (κ2) is 8.13. The van der Waals surface area contributed by atoms with Gasteiger partial charge in [-0.3, -0.25) is 0 Å². The lowest BCUT2D eigenvalue weighted by Crippen LogP contribution is -2.18. The zero-order valence-corrected chi connectivity index (χ0v) is 19.6. The molecule has 34 heavy (non-hydrogen) atoms. The molecule has 0 atom stereocenters. The topological polar surface area (TPSA) is 0 Å². The summed E-state index contributed by atoms with van der Waals surface area (Å²) in [6, 6.07) is 36.8. The Morgan fingerprint density at radius 2 is 0.794 bits per heavy atom. The Kier molecular flexibility index (Phi) is 4.79. The fourth-order valence-corrected chi connectivity index (χ4v) is 6.91. The van der Waals surface area contributed by atoms with Gasteiger partial charge in [0.05, 0.1) is 0 Å². The molecule has 0 N–H and O–H groups in total. The average molecular weight is 439 g/mol. The zero-order chi connectivity index (χ0) is 22.5. The third kappa shape index (κ3) is 3.53. The SMILES string of the molecule is c1cc(CC2Cc3cccc4cccc(c34)C2)cc(CC2Cc3cccc4cccc(c34)C2)c1. The molecule has 0 fully saturated rings. The van der Waals surface area contributed by atoms with E-state index in [-0.39, 0.29) is 0 Å². The number of rotatable bonds is 4. The van der Waals surface area contributed by atoms with E-state index in [1.54, 1.807) is 0 Å². The van der Waals surface area contributed by atoms with E-state index >= 15 is 0 Å². The summed E-state index contributed by atoms with van der Waals surface area (Å²) in [6.07, 6.45) is 7.13. The molecular formula is C34H30. The van der Waals surface area contributed by atoms with Gasteiger partial charge in [-0.1, -0.05) is 97.1 Å². The first-order valence-corrected chi connectivity index (χ1v) is 12.9. The van der Waals surface area contributed by atoms with E-state index < -0.39 is 0 Å². The molecule has 0 unspecified atom stereocenters. The van der Waals surface area contributed by atoms with Crippen LogP contribution >= 0.6 is 0 Å². The lowest BCUT2D eigenvalue weighted by atomic mass is 9.78. The summed E-state index contributed by atoms with van der Waals surface area (Å²) in [6.45, 7) is 0. The van der Waals surface area contributed by atoms with Crippen LogP contribution in [0, 0.1) is 11.8 Å². The first-order valence-electron chi connectivity index (χ1n) is 12.9. The van der Waals surface area contributed by atoms with Gasteiger partial charge in [0.2, 0.25) is 0 Å². The fraction of sp³-hybridized carbons (Fsp3) is 0.235. The molecule has 0 radical (unpaired) electrons. The normalized spacial score (nSPS) is 15.8. The first kappa shape index (κ1) is 20.0. The van der Waals surface area contributed by atoms with E-state index in [1.807, 2.05) is 0 Å². The minimum Gasteiger partial charge on any atom is -0.0617 e. The van der Waals surface area contributed by atoms with Crippen LogP contribution in [0.4, 0.5) is 0 Å². The Bertz CT molecular complexity index is 1330. The van der Waals surface area contributed by atoms with Crippen LogP contribution in [0.1, 0.15) is 33.4 Å². The van der Waals surface area contributed by atoms with Gasteiger partial charge in [-0.2, -0.15) is 0 Å². The van der Waals surface area contributed by atoms with Gasteiger partial charge < -0.3 is 0 Å². The van der Waals surface area contributed by atoms with Gasteiger partial charge in [0.1, 0.15) is 0 Å². The van der Waals surface area contributed by atoms with E-state index in [0.717, 1.165) is 0 Å². The van der Waals surface area contributed by atoms with Crippen LogP contribution in [-0.4, -0.2) is 0 Å². The first-order chi connectivity index (χ1) is 16.8. The second-order valence-electron chi connectivity index (χ2n) is 10.6. The van der Waals surface area contributed by atoms with Gasteiger partial charge in [-0.25, -0.2) is 0 Å². The molecule has 0 aliphatic heterocycles. The highest BCUT2D eigenvalue weighted by atomic mass is 14.3. The van der Waals surface area contributed by atoms with Crippen molar-refractivity contribution in [1.29, 1.82) is 0 Å². The molecule has 0 aromatic heterocycles. The van der Waals surface area contributed by atoms with Crippen LogP contribution in [0.5, 0.6) is 0 Å². The lowest BCUT2D eigenvalue weighted by molar-refractivity contribution is 0.505. The van der Waals surface area contributed by atoms with Crippen molar-refractivity contribution in [1.82, 2.24) is 0 Å². The molecule has 0 heterocycles. The predicted octanol–water partition coefficient (Wildman–Crippen LogP) is 7.91. The summed E-state index contributed by atoms with van der Waals surface area (Å²) in [5, 5.41) is 5.84. The lowest BCUT2D eigenvalue weighted by Gasteiger charge is -2.26. The molecule has 0 amide bonds. The third-order valence-electron chi connectivity index (χ3n) is 8.23. The molecule has 0 bridgehead atoms. The molecular weight excluding hydrogens is 408 g/mol. The van der Waals surface area contributed by atoms with Gasteiger partial charge >= 0.3 is 0 Å². The maximum atomic E-state index is 2.50. The predicted molar refractivity (Wildman–Crippen MR) is 144 cm³/mol. The Morgan fingerprint density at radius 1 is 0.441 bits per heavy atom. The van der Waals surface area contributed by atoms with Crippen LogP contribution in [-0.2, 0) is 38.5 Å². The summed E-state index contributed by atoms with van der Waals surface area (Å²) in [5.41, 5.74) is 9.16. The largest absolute Gasteiger partial charge is 0.0617 e. The highest BCUT2D eigenvalue weighted by Gasteiger charge is 2.23. The van der Waals surface area contributed by atoms with Crippen molar-refractivity contribution in [2.24, 2.45) is 11.8 Å². The van der Waals surface area contributed by atoms with Crippen molar-refractivity contribution in [3.8, 4) is 0 Å². The zero-order valence-electron chi connectivity index (χ0n) is 19.6. The number of benzene rings is 5. The molecule has 0 saturated carbocycles. The monoisotopic (exact) mass is 438 g/mol. The minimum absolute atomic E-state index is 0.690. The molecule has 5 aromatic rings. The summed E-state index contributed by atoms with van der Waals surface area (Å²) in [5.74, 6) is 1.38. The van der Waals surface area contributed by atoms with Crippen molar-refractivity contribution in [2.45, 2.75) is 38.5 Å². The molecule has 2 aliphatic rings. The van der Waals surface area contributed by atoms with Crippen LogP contribution < -0.4 is 0 Å². The Balaban J connectivity index is 1.09. The fourth-order valence-electron chi connectivity index (χ4n) is 6.91. The van der Waals surface area contributed by atoms with E-state index in [9.17, 15) is 0 Å². The van der Waals surface area contributed by atoms with Gasteiger partial charge in [0, 0.05) is 0 Å². The molecule has 7 rings (SSSR count). The van der Waals surface area contributed by atoms with Gasteiger partial charge in [-0.15, -0.1) is 0 Å². The van der Waals surface area contributed by atoms with Gasteiger partial charge in [0.15, 0.2) is 0 Å². The van der Waals surface area contributed by atoms with E-state index in [4.69, 9.17) is 0 Å². The molecule has 0 nitrogen and oxygen atoms in total. The standard InChI is InChI=1S/C34H30/c1-6-23(17-25-19-29-12-2-8-27-9-3-13-30(20-25)33(27)29)16-24(7-1)18-26-21-31-14-4-10-28-11-5-15-32(22-26)34(28)31/h1-16,25-26H,17-22H2. The van der Waals surface area contributed by atoms with Crippen molar-refractivity contribution >= 4 is 21.5 Å². The van der Waals surface area contributed by atoms with Crippen molar-refractivity contribution in [2.75, 3.05) is 0 Å². The highest BCUT2D eigenvalue weighted by Crippen LogP contribution is 2.35. The molecule has 0 heteroatoms. The second-order valence-corrected chi connectivity index (χ2v) is 10.6. The molecule has 2 aliphatic carbocycles. The molecule has 166 valence electrons. The van der Waals surface area contributed by atoms with Crippen LogP contribution in [0.2, 0.25) is 0 Å². The molecule has 5 aromatic carbocycles. The Morgan fingerprint density at radius 3 is 1.18 bits per heavy atom. The molecule has 0 saturated heterocycles. The van der Waals surface area contributed by atoms with E-state index in [1.165, 1.54) is 93.5 Å². The average Bonchev–Trinajstić information content (AvgIpc) is 2.85. The molecule has 0 spiro atoms. The highest BCUT2D eigenvalue weighted by molar-refractivity contribution is 5.90. The number of hydrogen-bond acceptors (Lipinski definition) is 0. The quantitative estimate of drug-likeness (QED) is 0.267. The Hall–Kier alpha value is -3.38. The Labute approximate surface area is 202 Å². The number of hydrogen-bond donors (Lipinski definition) is 0. The van der Waals surface area contributed by atoms with Crippen LogP contribution in [0.3, 0.4) is 0 Å². The summed E-state index contributed by atoms with van der Waals surface area (Å²) in [7, 11) is 0. The van der Waals surface area contributed by atoms with Crippen LogP contribution in [0.25, 0.3) is 21.5 Å². The van der Waals surface area contributed by atoms with E-state index in [0.29, 0.717) is 11.8 Å². The van der Waals surface area contributed by atoms with Crippen molar-refractivity contribution in [3.05, 3.63) is 130 Å². The van der Waals surface area contributed by atoms with Crippen LogP contribution in [0.15, 0.2) is 97.1 Å². The third-order valence-corrected chi connectivity index (χ3v) is 8.23. The maximum Gasteiger partial charge on any atom is -0.0120 e. The van der Waals surface area contributed by atoms with Crippen molar-refractivity contribution < 1.29 is 0 Å². The summed E-state index contributed by atoms with van der Waals surface area (Å²) >= 11 is 0. The minimum atomic E-state index is 0.690. The van der Waals surface area contributed by atoms with Gasteiger partial charge in [-0.05, 0) is 105 Å². The maximum absolute atomic E-state index is 2.50. The smallest absolute Gasteiger partial charge is 0.0120 e. The van der Waals surface area contributed by atoms with E-state index in [2.05, 4.69) is 97.1 Å².